The van der Waals surface area contributed by atoms with Gasteiger partial charge in [-0.3, -0.25) is 0 Å². The molecule has 2 N–H and O–H groups in total. The second-order valence-corrected chi connectivity index (χ2v) is 4.73. The number of hydrogen-bond acceptors (Lipinski definition) is 4. The summed E-state index contributed by atoms with van der Waals surface area (Å²) >= 11 is 0. The summed E-state index contributed by atoms with van der Waals surface area (Å²) in [5, 5.41) is 0. The first-order chi connectivity index (χ1) is 9.86. The number of anilines is 1. The van der Waals surface area contributed by atoms with Crippen molar-refractivity contribution in [3.63, 3.8) is 0 Å². The molecule has 3 rings (SSSR count). The molecule has 0 bridgehead atoms. The first-order valence-electron chi connectivity index (χ1n) is 6.75. The van der Waals surface area contributed by atoms with Gasteiger partial charge in [0.1, 0.15) is 0 Å². The van der Waals surface area contributed by atoms with Crippen molar-refractivity contribution in [2.45, 2.75) is 6.54 Å². The van der Waals surface area contributed by atoms with Gasteiger partial charge in [0.25, 0.3) is 0 Å². The molecule has 0 aliphatic carbocycles. The van der Waals surface area contributed by atoms with Crippen molar-refractivity contribution in [3.05, 3.63) is 54.1 Å². The molecule has 20 heavy (non-hydrogen) atoms. The Morgan fingerprint density at radius 2 is 1.80 bits per heavy atom. The third-order valence-electron chi connectivity index (χ3n) is 3.34. The Hall–Kier alpha value is -2.20. The van der Waals surface area contributed by atoms with Crippen LogP contribution in [0.5, 0.6) is 11.5 Å². The summed E-state index contributed by atoms with van der Waals surface area (Å²) < 4.78 is 10.8. The van der Waals surface area contributed by atoms with E-state index in [9.17, 15) is 0 Å². The molecule has 1 aliphatic heterocycles. The second kappa shape index (κ2) is 5.84. The highest BCUT2D eigenvalue weighted by Crippen LogP contribution is 2.35. The van der Waals surface area contributed by atoms with E-state index in [0.29, 0.717) is 13.3 Å². The molecule has 2 aromatic carbocycles. The maximum atomic E-state index is 5.74. The summed E-state index contributed by atoms with van der Waals surface area (Å²) in [6, 6.07) is 16.4. The molecule has 0 aromatic heterocycles. The van der Waals surface area contributed by atoms with Crippen LogP contribution in [-0.4, -0.2) is 19.9 Å². The average molecular weight is 270 g/mol. The van der Waals surface area contributed by atoms with Gasteiger partial charge in [-0.1, -0.05) is 30.3 Å². The van der Waals surface area contributed by atoms with Crippen molar-refractivity contribution in [1.29, 1.82) is 0 Å². The van der Waals surface area contributed by atoms with E-state index >= 15 is 0 Å². The Bertz CT molecular complexity index is 572. The van der Waals surface area contributed by atoms with Gasteiger partial charge < -0.3 is 20.1 Å². The molecule has 0 spiro atoms. The summed E-state index contributed by atoms with van der Waals surface area (Å²) in [5.41, 5.74) is 8.10. The van der Waals surface area contributed by atoms with Crippen molar-refractivity contribution in [2.24, 2.45) is 5.73 Å². The van der Waals surface area contributed by atoms with Crippen LogP contribution >= 0.6 is 0 Å². The maximum absolute atomic E-state index is 5.74. The van der Waals surface area contributed by atoms with Crippen molar-refractivity contribution in [2.75, 3.05) is 24.8 Å². The number of nitrogens with two attached hydrogens (primary N) is 1. The van der Waals surface area contributed by atoms with Crippen molar-refractivity contribution in [1.82, 2.24) is 0 Å². The van der Waals surface area contributed by atoms with E-state index in [1.807, 2.05) is 24.3 Å². The fourth-order valence-electron chi connectivity index (χ4n) is 2.34. The third-order valence-corrected chi connectivity index (χ3v) is 3.34. The summed E-state index contributed by atoms with van der Waals surface area (Å²) in [5.74, 6) is 1.61. The zero-order chi connectivity index (χ0) is 13.8. The number of hydrogen-bond donors (Lipinski definition) is 1. The number of fused-ring (bicyclic) bond motifs is 1. The molecule has 0 atom stereocenters. The van der Waals surface area contributed by atoms with Gasteiger partial charge in [0.05, 0.1) is 0 Å². The number of ether oxygens (including phenoxy) is 2. The van der Waals surface area contributed by atoms with Gasteiger partial charge in [0, 0.05) is 31.4 Å². The lowest BCUT2D eigenvalue weighted by Crippen LogP contribution is -2.28. The molecule has 0 saturated carbocycles. The molecular formula is C16H18N2O2. The molecular weight excluding hydrogens is 252 g/mol. The normalized spacial score (nSPS) is 12.4. The van der Waals surface area contributed by atoms with Gasteiger partial charge in [-0.15, -0.1) is 0 Å². The van der Waals surface area contributed by atoms with Gasteiger partial charge in [0.2, 0.25) is 6.79 Å². The summed E-state index contributed by atoms with van der Waals surface area (Å²) in [6.45, 7) is 2.54. The summed E-state index contributed by atoms with van der Waals surface area (Å²) in [7, 11) is 0. The molecule has 2 aromatic rings. The Balaban J connectivity index is 1.83. The molecule has 1 heterocycles. The topological polar surface area (TPSA) is 47.7 Å². The largest absolute Gasteiger partial charge is 0.454 e. The Labute approximate surface area is 118 Å². The van der Waals surface area contributed by atoms with E-state index in [-0.39, 0.29) is 0 Å². The van der Waals surface area contributed by atoms with Gasteiger partial charge >= 0.3 is 0 Å². The highest BCUT2D eigenvalue weighted by molar-refractivity contribution is 5.57. The summed E-state index contributed by atoms with van der Waals surface area (Å²) in [6.07, 6.45) is 0. The van der Waals surface area contributed by atoms with Crippen molar-refractivity contribution in [3.8, 4) is 11.5 Å². The first-order valence-corrected chi connectivity index (χ1v) is 6.75. The predicted octanol–water partition coefficient (Wildman–Crippen LogP) is 2.38. The van der Waals surface area contributed by atoms with E-state index in [1.165, 1.54) is 5.56 Å². The molecule has 4 nitrogen and oxygen atoms in total. The predicted molar refractivity (Wildman–Crippen MR) is 79.1 cm³/mol. The standard InChI is InChI=1S/C16H18N2O2/c17-8-9-18(11-13-4-2-1-3-5-13)14-6-7-15-16(10-14)20-12-19-15/h1-7,10H,8-9,11-12,17H2. The van der Waals surface area contributed by atoms with Crippen LogP contribution in [0.1, 0.15) is 5.56 Å². The Morgan fingerprint density at radius 3 is 2.60 bits per heavy atom. The average Bonchev–Trinajstić information content (AvgIpc) is 2.95. The highest BCUT2D eigenvalue weighted by atomic mass is 16.7. The molecule has 0 amide bonds. The quantitative estimate of drug-likeness (QED) is 0.906. The van der Waals surface area contributed by atoms with E-state index < -0.39 is 0 Å². The second-order valence-electron chi connectivity index (χ2n) is 4.73. The molecule has 0 radical (unpaired) electrons. The number of nitrogens with zero attached hydrogens (tertiary/aromatic N) is 1. The SMILES string of the molecule is NCCN(Cc1ccccc1)c1ccc2c(c1)OCO2. The van der Waals surface area contributed by atoms with Gasteiger partial charge in [-0.05, 0) is 17.7 Å². The van der Waals surface area contributed by atoms with E-state index in [0.717, 1.165) is 30.3 Å². The van der Waals surface area contributed by atoms with Crippen molar-refractivity contribution < 1.29 is 9.47 Å². The zero-order valence-electron chi connectivity index (χ0n) is 11.3. The minimum atomic E-state index is 0.300. The van der Waals surface area contributed by atoms with Crippen LogP contribution in [0.3, 0.4) is 0 Å². The fourth-order valence-corrected chi connectivity index (χ4v) is 2.34. The number of benzene rings is 2. The highest BCUT2D eigenvalue weighted by Gasteiger charge is 2.15. The van der Waals surface area contributed by atoms with Gasteiger partial charge in [-0.2, -0.15) is 0 Å². The van der Waals surface area contributed by atoms with Crippen LogP contribution < -0.4 is 20.1 Å². The van der Waals surface area contributed by atoms with Crippen LogP contribution in [0.25, 0.3) is 0 Å². The first kappa shape index (κ1) is 12.8. The lowest BCUT2D eigenvalue weighted by molar-refractivity contribution is 0.174. The molecule has 0 saturated heterocycles. The van der Waals surface area contributed by atoms with Gasteiger partial charge in [-0.25, -0.2) is 0 Å². The van der Waals surface area contributed by atoms with Crippen LogP contribution in [0.15, 0.2) is 48.5 Å². The minimum absolute atomic E-state index is 0.300. The monoisotopic (exact) mass is 270 g/mol. The smallest absolute Gasteiger partial charge is 0.231 e. The minimum Gasteiger partial charge on any atom is -0.454 e. The molecule has 4 heteroatoms. The van der Waals surface area contributed by atoms with E-state index in [1.54, 1.807) is 0 Å². The molecule has 0 unspecified atom stereocenters. The fraction of sp³-hybridized carbons (Fsp3) is 0.250. The van der Waals surface area contributed by atoms with Crippen LogP contribution in [0.2, 0.25) is 0 Å². The van der Waals surface area contributed by atoms with Crippen LogP contribution in [-0.2, 0) is 6.54 Å². The van der Waals surface area contributed by atoms with Gasteiger partial charge in [0.15, 0.2) is 11.5 Å². The lowest BCUT2D eigenvalue weighted by Gasteiger charge is -2.24. The Morgan fingerprint density at radius 1 is 1.00 bits per heavy atom. The molecule has 0 fully saturated rings. The van der Waals surface area contributed by atoms with Crippen LogP contribution in [0, 0.1) is 0 Å². The summed E-state index contributed by atoms with van der Waals surface area (Å²) in [4.78, 5) is 2.25. The molecule has 1 aliphatic rings. The van der Waals surface area contributed by atoms with Crippen molar-refractivity contribution >= 4 is 5.69 Å². The zero-order valence-corrected chi connectivity index (χ0v) is 11.3. The third kappa shape index (κ3) is 2.70. The Kier molecular flexibility index (Phi) is 3.74. The van der Waals surface area contributed by atoms with Crippen LogP contribution in [0.4, 0.5) is 5.69 Å². The van der Waals surface area contributed by atoms with E-state index in [4.69, 9.17) is 15.2 Å². The number of rotatable bonds is 5. The lowest BCUT2D eigenvalue weighted by atomic mass is 10.2. The van der Waals surface area contributed by atoms with E-state index in [2.05, 4.69) is 29.2 Å². The molecule has 104 valence electrons. The maximum Gasteiger partial charge on any atom is 0.231 e.